The van der Waals surface area contributed by atoms with E-state index in [0.717, 1.165) is 49.1 Å². The van der Waals surface area contributed by atoms with Crippen molar-refractivity contribution >= 4 is 11.8 Å². The van der Waals surface area contributed by atoms with Gasteiger partial charge in [0.2, 0.25) is 0 Å². The molecule has 0 unspecified atom stereocenters. The Kier molecular flexibility index (Phi) is 7.35. The highest BCUT2D eigenvalue weighted by Crippen LogP contribution is 2.45. The van der Waals surface area contributed by atoms with Crippen molar-refractivity contribution in [2.24, 2.45) is 0 Å². The highest BCUT2D eigenvalue weighted by Gasteiger charge is 2.40. The Balaban J connectivity index is 2.05. The maximum atomic E-state index is 13.2. The predicted octanol–water partition coefficient (Wildman–Crippen LogP) is 5.18. The van der Waals surface area contributed by atoms with Gasteiger partial charge in [-0.15, -0.1) is 0 Å². The Hall–Kier alpha value is -2.56. The molecule has 5 heteroatoms. The van der Waals surface area contributed by atoms with Gasteiger partial charge in [0.05, 0.1) is 24.2 Å². The highest BCUT2D eigenvalue weighted by atomic mass is 16.5. The number of rotatable bonds is 8. The number of carbonyl (C=O) groups is 2. The maximum Gasteiger partial charge on any atom is 0.336 e. The van der Waals surface area contributed by atoms with Gasteiger partial charge in [0.1, 0.15) is 5.75 Å². The fourth-order valence-electron chi connectivity index (χ4n) is 4.24. The number of carbonyl (C=O) groups excluding carboxylic acids is 2. The van der Waals surface area contributed by atoms with E-state index >= 15 is 0 Å². The molecule has 1 N–H and O–H groups in total. The van der Waals surface area contributed by atoms with Gasteiger partial charge in [0.25, 0.3) is 0 Å². The van der Waals surface area contributed by atoms with Gasteiger partial charge in [-0.05, 0) is 46.1 Å². The van der Waals surface area contributed by atoms with Crippen molar-refractivity contribution < 1.29 is 19.1 Å². The number of ether oxygens (including phenoxy) is 2. The van der Waals surface area contributed by atoms with Crippen LogP contribution in [0, 0.1) is 0 Å². The van der Waals surface area contributed by atoms with Gasteiger partial charge < -0.3 is 14.8 Å². The van der Waals surface area contributed by atoms with Gasteiger partial charge in [0, 0.05) is 29.0 Å². The monoisotopic (exact) mass is 411 g/mol. The average molecular weight is 412 g/mol. The van der Waals surface area contributed by atoms with Crippen LogP contribution in [-0.4, -0.2) is 24.5 Å². The Labute approximate surface area is 179 Å². The lowest BCUT2D eigenvalue weighted by Crippen LogP contribution is -2.34. The molecular formula is C25H33NO4. The van der Waals surface area contributed by atoms with Gasteiger partial charge in [-0.1, -0.05) is 38.0 Å². The van der Waals surface area contributed by atoms with Crippen LogP contribution >= 0.6 is 0 Å². The molecule has 1 heterocycles. The third-order valence-electron chi connectivity index (χ3n) is 5.57. The zero-order valence-electron chi connectivity index (χ0n) is 18.5. The molecule has 0 radical (unpaired) electrons. The Morgan fingerprint density at radius 3 is 2.70 bits per heavy atom. The summed E-state index contributed by atoms with van der Waals surface area (Å²) < 4.78 is 11.7. The van der Waals surface area contributed by atoms with Crippen molar-refractivity contribution in [3.05, 3.63) is 52.4 Å². The summed E-state index contributed by atoms with van der Waals surface area (Å²) in [6.07, 6.45) is 5.04. The van der Waals surface area contributed by atoms with Crippen LogP contribution in [0.15, 0.2) is 46.8 Å². The van der Waals surface area contributed by atoms with Crippen molar-refractivity contribution in [2.45, 2.75) is 78.2 Å². The molecule has 30 heavy (non-hydrogen) atoms. The van der Waals surface area contributed by atoms with Gasteiger partial charge in [-0.2, -0.15) is 0 Å². The van der Waals surface area contributed by atoms with Crippen molar-refractivity contribution in [3.63, 3.8) is 0 Å². The van der Waals surface area contributed by atoms with Gasteiger partial charge in [-0.25, -0.2) is 4.79 Å². The van der Waals surface area contributed by atoms with Crippen LogP contribution in [0.25, 0.3) is 0 Å². The number of unbranched alkanes of at least 4 members (excludes halogenated alkanes) is 2. The first-order chi connectivity index (χ1) is 14.4. The summed E-state index contributed by atoms with van der Waals surface area (Å²) in [5.74, 6) is -0.0290. The number of ketones is 1. The SMILES string of the molecule is CCCCCOC(=O)C1=C(C)NC2=C(C(=O)CCC2)[C@@H]1c1ccccc1OC(C)C. The lowest BCUT2D eigenvalue weighted by atomic mass is 9.75. The van der Waals surface area contributed by atoms with E-state index in [-0.39, 0.29) is 17.9 Å². The molecule has 1 atom stereocenters. The molecular weight excluding hydrogens is 378 g/mol. The minimum Gasteiger partial charge on any atom is -0.491 e. The molecule has 5 nitrogen and oxygen atoms in total. The molecule has 0 saturated carbocycles. The standard InChI is InChI=1S/C25H33NO4/c1-5-6-9-15-29-25(28)22-17(4)26-19-12-10-13-20(27)24(19)23(22)18-11-7-8-14-21(18)30-16(2)3/h7-8,11,14,16,23,26H,5-6,9-10,12-13,15H2,1-4H3/t23-/m1/s1. The molecule has 2 aliphatic rings. The van der Waals surface area contributed by atoms with Gasteiger partial charge in [-0.3, -0.25) is 4.79 Å². The molecule has 0 spiro atoms. The summed E-state index contributed by atoms with van der Waals surface area (Å²) in [6, 6.07) is 7.71. The Morgan fingerprint density at radius 1 is 1.20 bits per heavy atom. The lowest BCUT2D eigenvalue weighted by Gasteiger charge is -2.35. The van der Waals surface area contributed by atoms with Crippen LogP contribution in [0.2, 0.25) is 0 Å². The molecule has 1 aliphatic heterocycles. The van der Waals surface area contributed by atoms with Crippen LogP contribution in [0.3, 0.4) is 0 Å². The summed E-state index contributed by atoms with van der Waals surface area (Å²) in [5, 5.41) is 3.34. The molecule has 0 fully saturated rings. The Morgan fingerprint density at radius 2 is 1.97 bits per heavy atom. The second-order valence-corrected chi connectivity index (χ2v) is 8.31. The molecule has 0 amide bonds. The minimum absolute atomic E-state index is 0.0158. The summed E-state index contributed by atoms with van der Waals surface area (Å²) in [5.41, 5.74) is 3.73. The quantitative estimate of drug-likeness (QED) is 0.472. The zero-order valence-corrected chi connectivity index (χ0v) is 18.5. The first-order valence-electron chi connectivity index (χ1n) is 11.1. The molecule has 1 aromatic rings. The van der Waals surface area contributed by atoms with E-state index in [0.29, 0.717) is 29.9 Å². The van der Waals surface area contributed by atoms with Gasteiger partial charge >= 0.3 is 5.97 Å². The number of benzene rings is 1. The largest absolute Gasteiger partial charge is 0.491 e. The van der Waals surface area contributed by atoms with E-state index < -0.39 is 5.92 Å². The van der Waals surface area contributed by atoms with E-state index in [2.05, 4.69) is 12.2 Å². The molecule has 1 aromatic carbocycles. The van der Waals surface area contributed by atoms with Crippen molar-refractivity contribution in [3.8, 4) is 5.75 Å². The molecule has 0 saturated heterocycles. The topological polar surface area (TPSA) is 64.6 Å². The average Bonchev–Trinajstić information content (AvgIpc) is 2.70. The van der Waals surface area contributed by atoms with Crippen LogP contribution < -0.4 is 10.1 Å². The maximum absolute atomic E-state index is 13.2. The third-order valence-corrected chi connectivity index (χ3v) is 5.57. The lowest BCUT2D eigenvalue weighted by molar-refractivity contribution is -0.139. The summed E-state index contributed by atoms with van der Waals surface area (Å²) >= 11 is 0. The number of allylic oxidation sites excluding steroid dienone is 3. The van der Waals surface area contributed by atoms with E-state index in [4.69, 9.17) is 9.47 Å². The van der Waals surface area contributed by atoms with Crippen molar-refractivity contribution in [2.75, 3.05) is 6.61 Å². The second kappa shape index (κ2) is 9.96. The fraction of sp³-hybridized carbons (Fsp3) is 0.520. The number of hydrogen-bond acceptors (Lipinski definition) is 5. The van der Waals surface area contributed by atoms with E-state index in [1.165, 1.54) is 0 Å². The number of hydrogen-bond donors (Lipinski definition) is 1. The number of dihydropyridines is 1. The van der Waals surface area contributed by atoms with Crippen molar-refractivity contribution in [1.82, 2.24) is 5.32 Å². The molecule has 0 aromatic heterocycles. The fourth-order valence-corrected chi connectivity index (χ4v) is 4.24. The Bertz CT molecular complexity index is 866. The van der Waals surface area contributed by atoms with E-state index in [1.54, 1.807) is 0 Å². The molecule has 3 rings (SSSR count). The number of esters is 1. The van der Waals surface area contributed by atoms with Crippen LogP contribution in [0.1, 0.15) is 77.7 Å². The molecule has 0 bridgehead atoms. The third kappa shape index (κ3) is 4.77. The van der Waals surface area contributed by atoms with Crippen LogP contribution in [0.4, 0.5) is 0 Å². The molecule has 162 valence electrons. The summed E-state index contributed by atoms with van der Waals surface area (Å²) in [4.78, 5) is 26.2. The molecule has 1 aliphatic carbocycles. The highest BCUT2D eigenvalue weighted by molar-refractivity contribution is 6.04. The number of nitrogens with one attached hydrogen (secondary N) is 1. The van der Waals surface area contributed by atoms with Gasteiger partial charge in [0.15, 0.2) is 5.78 Å². The minimum atomic E-state index is -0.470. The van der Waals surface area contributed by atoms with Crippen molar-refractivity contribution in [1.29, 1.82) is 0 Å². The second-order valence-electron chi connectivity index (χ2n) is 8.31. The summed E-state index contributed by atoms with van der Waals surface area (Å²) in [6.45, 7) is 8.34. The van der Waals surface area contributed by atoms with E-state index in [1.807, 2.05) is 45.0 Å². The predicted molar refractivity (Wildman–Crippen MR) is 117 cm³/mol. The normalized spacial score (nSPS) is 19.0. The van der Waals surface area contributed by atoms with Crippen LogP contribution in [-0.2, 0) is 14.3 Å². The zero-order chi connectivity index (χ0) is 21.7. The first kappa shape index (κ1) is 22.1. The number of para-hydroxylation sites is 1. The smallest absolute Gasteiger partial charge is 0.336 e. The first-order valence-corrected chi connectivity index (χ1v) is 11.1. The van der Waals surface area contributed by atoms with Crippen LogP contribution in [0.5, 0.6) is 5.75 Å². The number of Topliss-reactive ketones (excluding diaryl/α,β-unsaturated/α-hetero) is 1. The van der Waals surface area contributed by atoms with E-state index in [9.17, 15) is 9.59 Å². The summed E-state index contributed by atoms with van der Waals surface area (Å²) in [7, 11) is 0.